The van der Waals surface area contributed by atoms with Crippen molar-refractivity contribution in [3.05, 3.63) is 35.9 Å². The largest absolute Gasteiger partial charge is 0.384 e. The van der Waals surface area contributed by atoms with Crippen molar-refractivity contribution < 1.29 is 5.11 Å². The number of aliphatic hydroxyl groups excluding tert-OH is 1. The van der Waals surface area contributed by atoms with Crippen molar-refractivity contribution in [3.8, 4) is 0 Å². The molecule has 0 spiro atoms. The molecule has 2 atom stereocenters. The zero-order valence-corrected chi connectivity index (χ0v) is 9.06. The minimum absolute atomic E-state index is 0.403. The number of aliphatic hydroxyl groups is 1. The number of rotatable bonds is 2. The van der Waals surface area contributed by atoms with E-state index in [0.717, 1.165) is 5.56 Å². The lowest BCUT2D eigenvalue weighted by Crippen LogP contribution is -2.33. The first-order valence-corrected chi connectivity index (χ1v) is 5.01. The van der Waals surface area contributed by atoms with Gasteiger partial charge in [0.05, 0.1) is 0 Å². The standard InChI is InChI=1S/C10H11N3OS/c1-13-9(11-12-10(13)15)8(14)7-5-3-2-4-6-7/h2-6,8-9,14H,1H3. The third-order valence-electron chi connectivity index (χ3n) is 2.38. The first-order chi connectivity index (χ1) is 7.20. The Morgan fingerprint density at radius 3 is 2.60 bits per heavy atom. The maximum atomic E-state index is 10.1. The summed E-state index contributed by atoms with van der Waals surface area (Å²) in [4.78, 5) is 1.69. The highest BCUT2D eigenvalue weighted by molar-refractivity contribution is 7.80. The van der Waals surface area contributed by atoms with Crippen molar-refractivity contribution in [1.82, 2.24) is 4.90 Å². The minimum Gasteiger partial charge on any atom is -0.384 e. The predicted octanol–water partition coefficient (Wildman–Crippen LogP) is 1.73. The maximum Gasteiger partial charge on any atom is 0.217 e. The summed E-state index contributed by atoms with van der Waals surface area (Å²) in [5.74, 6) is 0. The van der Waals surface area contributed by atoms with Gasteiger partial charge in [0, 0.05) is 7.05 Å². The number of hydrogen-bond acceptors (Lipinski definition) is 3. The lowest BCUT2D eigenvalue weighted by molar-refractivity contribution is 0.103. The van der Waals surface area contributed by atoms with Crippen LogP contribution in [0.2, 0.25) is 0 Å². The maximum absolute atomic E-state index is 10.1. The molecule has 15 heavy (non-hydrogen) atoms. The fourth-order valence-electron chi connectivity index (χ4n) is 1.47. The lowest BCUT2D eigenvalue weighted by atomic mass is 10.1. The Bertz CT molecular complexity index is 393. The molecular formula is C10H11N3OS. The Kier molecular flexibility index (Phi) is 2.75. The Labute approximate surface area is 93.2 Å². The van der Waals surface area contributed by atoms with Crippen LogP contribution in [0, 0.1) is 0 Å². The highest BCUT2D eigenvalue weighted by atomic mass is 32.1. The van der Waals surface area contributed by atoms with Gasteiger partial charge in [0.1, 0.15) is 6.10 Å². The van der Waals surface area contributed by atoms with Crippen LogP contribution in [0.3, 0.4) is 0 Å². The molecule has 2 rings (SSSR count). The number of likely N-dealkylation sites (N-methyl/N-ethyl adjacent to an activating group) is 1. The third-order valence-corrected chi connectivity index (χ3v) is 2.75. The molecule has 0 radical (unpaired) electrons. The molecule has 4 nitrogen and oxygen atoms in total. The van der Waals surface area contributed by atoms with Crippen LogP contribution in [0.25, 0.3) is 0 Å². The molecule has 0 aliphatic carbocycles. The van der Waals surface area contributed by atoms with Crippen LogP contribution in [0.1, 0.15) is 11.7 Å². The van der Waals surface area contributed by atoms with Crippen molar-refractivity contribution in [2.75, 3.05) is 7.05 Å². The van der Waals surface area contributed by atoms with Gasteiger partial charge in [-0.15, -0.1) is 5.11 Å². The van der Waals surface area contributed by atoms with Crippen molar-refractivity contribution in [1.29, 1.82) is 0 Å². The molecule has 1 heterocycles. The zero-order chi connectivity index (χ0) is 10.8. The van der Waals surface area contributed by atoms with Crippen LogP contribution in [0.4, 0.5) is 0 Å². The van der Waals surface area contributed by atoms with E-state index in [9.17, 15) is 5.11 Å². The second kappa shape index (κ2) is 4.04. The number of benzene rings is 1. The second-order valence-corrected chi connectivity index (χ2v) is 3.74. The van der Waals surface area contributed by atoms with E-state index in [-0.39, 0.29) is 0 Å². The summed E-state index contributed by atoms with van der Waals surface area (Å²) >= 11 is 4.94. The fraction of sp³-hybridized carbons (Fsp3) is 0.300. The molecule has 1 aliphatic heterocycles. The topological polar surface area (TPSA) is 48.2 Å². The van der Waals surface area contributed by atoms with Gasteiger partial charge in [0.25, 0.3) is 0 Å². The molecule has 1 N–H and O–H groups in total. The first kappa shape index (κ1) is 10.2. The van der Waals surface area contributed by atoms with Gasteiger partial charge in [-0.3, -0.25) is 0 Å². The lowest BCUT2D eigenvalue weighted by Gasteiger charge is -2.22. The van der Waals surface area contributed by atoms with E-state index in [1.165, 1.54) is 0 Å². The Balaban J connectivity index is 2.19. The molecule has 0 saturated heterocycles. The van der Waals surface area contributed by atoms with Gasteiger partial charge in [-0.25, -0.2) is 0 Å². The van der Waals surface area contributed by atoms with Crippen LogP contribution >= 0.6 is 12.2 Å². The van der Waals surface area contributed by atoms with Crippen molar-refractivity contribution in [2.45, 2.75) is 12.3 Å². The summed E-state index contributed by atoms with van der Waals surface area (Å²) in [6.45, 7) is 0. The minimum atomic E-state index is -0.694. The van der Waals surface area contributed by atoms with Crippen molar-refractivity contribution in [2.24, 2.45) is 10.2 Å². The molecular weight excluding hydrogens is 210 g/mol. The number of azo groups is 1. The van der Waals surface area contributed by atoms with Gasteiger partial charge in [0.2, 0.25) is 5.11 Å². The predicted molar refractivity (Wildman–Crippen MR) is 60.4 cm³/mol. The van der Waals surface area contributed by atoms with Crippen LogP contribution in [0.15, 0.2) is 40.6 Å². The number of nitrogens with zero attached hydrogens (tertiary/aromatic N) is 3. The van der Waals surface area contributed by atoms with Crippen molar-refractivity contribution in [3.63, 3.8) is 0 Å². The summed E-state index contributed by atoms with van der Waals surface area (Å²) in [5, 5.41) is 18.2. The molecule has 1 aromatic rings. The SMILES string of the molecule is CN1C(=S)N=NC1C(O)c1ccccc1. The number of hydrogen-bond donors (Lipinski definition) is 1. The summed E-state index contributed by atoms with van der Waals surface area (Å²) in [7, 11) is 1.78. The van der Waals surface area contributed by atoms with Gasteiger partial charge in [-0.1, -0.05) is 30.3 Å². The molecule has 0 saturated carbocycles. The average molecular weight is 221 g/mol. The van der Waals surface area contributed by atoms with E-state index in [1.54, 1.807) is 11.9 Å². The molecule has 1 aromatic carbocycles. The van der Waals surface area contributed by atoms with Gasteiger partial charge in [-0.2, -0.15) is 5.11 Å². The van der Waals surface area contributed by atoms with Gasteiger partial charge in [-0.05, 0) is 17.8 Å². The Hall–Kier alpha value is -1.33. The van der Waals surface area contributed by atoms with Crippen LogP contribution in [0.5, 0.6) is 0 Å². The molecule has 1 aliphatic rings. The summed E-state index contributed by atoms with van der Waals surface area (Å²) in [6.07, 6.45) is -1.10. The summed E-state index contributed by atoms with van der Waals surface area (Å²) in [5.41, 5.74) is 0.818. The van der Waals surface area contributed by atoms with Crippen LogP contribution < -0.4 is 0 Å². The normalized spacial score (nSPS) is 22.1. The fourth-order valence-corrected chi connectivity index (χ4v) is 1.62. The smallest absolute Gasteiger partial charge is 0.217 e. The van der Waals surface area contributed by atoms with Gasteiger partial charge < -0.3 is 10.0 Å². The quantitative estimate of drug-likeness (QED) is 0.774. The van der Waals surface area contributed by atoms with Crippen molar-refractivity contribution >= 4 is 17.3 Å². The van der Waals surface area contributed by atoms with E-state index in [0.29, 0.717) is 5.11 Å². The Morgan fingerprint density at radius 1 is 1.40 bits per heavy atom. The van der Waals surface area contributed by atoms with Gasteiger partial charge >= 0.3 is 0 Å². The van der Waals surface area contributed by atoms with E-state index in [1.807, 2.05) is 30.3 Å². The van der Waals surface area contributed by atoms with Crippen LogP contribution in [-0.2, 0) is 0 Å². The number of thiocarbonyl (C=S) groups is 1. The molecule has 5 heteroatoms. The highest BCUT2D eigenvalue weighted by Gasteiger charge is 2.30. The monoisotopic (exact) mass is 221 g/mol. The molecule has 0 aromatic heterocycles. The zero-order valence-electron chi connectivity index (χ0n) is 8.24. The van der Waals surface area contributed by atoms with E-state index in [4.69, 9.17) is 12.2 Å². The second-order valence-electron chi connectivity index (χ2n) is 3.38. The van der Waals surface area contributed by atoms with E-state index >= 15 is 0 Å². The molecule has 78 valence electrons. The third kappa shape index (κ3) is 1.88. The Morgan fingerprint density at radius 2 is 2.07 bits per heavy atom. The molecule has 0 amide bonds. The molecule has 0 bridgehead atoms. The average Bonchev–Trinajstić information content (AvgIpc) is 2.60. The molecule has 0 fully saturated rings. The molecule has 2 unspecified atom stereocenters. The van der Waals surface area contributed by atoms with Gasteiger partial charge in [0.15, 0.2) is 6.17 Å². The highest BCUT2D eigenvalue weighted by Crippen LogP contribution is 2.25. The summed E-state index contributed by atoms with van der Waals surface area (Å²) < 4.78 is 0. The van der Waals surface area contributed by atoms with E-state index < -0.39 is 12.3 Å². The summed E-state index contributed by atoms with van der Waals surface area (Å²) in [6, 6.07) is 9.37. The first-order valence-electron chi connectivity index (χ1n) is 4.61. The van der Waals surface area contributed by atoms with Crippen LogP contribution in [-0.4, -0.2) is 28.3 Å². The van der Waals surface area contributed by atoms with E-state index in [2.05, 4.69) is 10.2 Å².